The van der Waals surface area contributed by atoms with Gasteiger partial charge < -0.3 is 5.32 Å². The van der Waals surface area contributed by atoms with Gasteiger partial charge in [0.25, 0.3) is 11.6 Å². The van der Waals surface area contributed by atoms with Gasteiger partial charge in [-0.05, 0) is 36.6 Å². The Morgan fingerprint density at radius 3 is 2.31 bits per heavy atom. The van der Waals surface area contributed by atoms with Crippen molar-refractivity contribution in [2.75, 3.05) is 5.32 Å². The lowest BCUT2D eigenvalue weighted by Gasteiger charge is -2.07. The molecule has 0 unspecified atom stereocenters. The van der Waals surface area contributed by atoms with E-state index in [1.807, 2.05) is 12.1 Å². The van der Waals surface area contributed by atoms with Crippen molar-refractivity contribution >= 4 is 17.3 Å². The van der Waals surface area contributed by atoms with Gasteiger partial charge in [-0.25, -0.2) is 0 Å². The van der Waals surface area contributed by atoms with Gasteiger partial charge in [0.15, 0.2) is 0 Å². The topological polar surface area (TPSA) is 72.2 Å². The largest absolute Gasteiger partial charge is 0.316 e. The van der Waals surface area contributed by atoms with Crippen molar-refractivity contribution in [1.82, 2.24) is 0 Å². The van der Waals surface area contributed by atoms with Crippen LogP contribution in [0, 0.1) is 10.1 Å². The molecule has 1 amide bonds. The van der Waals surface area contributed by atoms with Crippen LogP contribution in [-0.4, -0.2) is 10.8 Å². The highest BCUT2D eigenvalue weighted by molar-refractivity contribution is 6.05. The maximum absolute atomic E-state index is 12.3. The smallest absolute Gasteiger partial charge is 0.292 e. The fourth-order valence-electron chi connectivity index (χ4n) is 2.87. The Balaban J connectivity index is 1.88. The summed E-state index contributed by atoms with van der Waals surface area (Å²) in [5, 5.41) is 13.6. The van der Waals surface area contributed by atoms with Gasteiger partial charge in [-0.15, -0.1) is 0 Å². The Morgan fingerprint density at radius 1 is 0.962 bits per heavy atom. The molecule has 2 rings (SSSR count). The van der Waals surface area contributed by atoms with Gasteiger partial charge in [-0.1, -0.05) is 63.3 Å². The third-order valence-corrected chi connectivity index (χ3v) is 4.38. The Hall–Kier alpha value is -2.69. The van der Waals surface area contributed by atoms with E-state index in [1.165, 1.54) is 49.8 Å². The van der Waals surface area contributed by atoms with E-state index in [-0.39, 0.29) is 17.3 Å². The maximum atomic E-state index is 12.3. The molecule has 0 atom stereocenters. The number of hydrogen-bond acceptors (Lipinski definition) is 3. The number of para-hydroxylation sites is 2. The summed E-state index contributed by atoms with van der Waals surface area (Å²) >= 11 is 0. The zero-order chi connectivity index (χ0) is 18.8. The lowest BCUT2D eigenvalue weighted by molar-refractivity contribution is -0.383. The van der Waals surface area contributed by atoms with E-state index >= 15 is 0 Å². The first kappa shape index (κ1) is 19.6. The second kappa shape index (κ2) is 10.3. The van der Waals surface area contributed by atoms with Gasteiger partial charge in [-0.2, -0.15) is 0 Å². The van der Waals surface area contributed by atoms with E-state index in [1.54, 1.807) is 24.3 Å². The number of carbonyl (C=O) groups is 1. The van der Waals surface area contributed by atoms with Crippen molar-refractivity contribution in [3.05, 3.63) is 69.8 Å². The highest BCUT2D eigenvalue weighted by Gasteiger charge is 2.15. The lowest BCUT2D eigenvalue weighted by atomic mass is 10.0. The summed E-state index contributed by atoms with van der Waals surface area (Å²) in [4.78, 5) is 22.8. The third kappa shape index (κ3) is 5.99. The number of aryl methyl sites for hydroxylation is 1. The van der Waals surface area contributed by atoms with Gasteiger partial charge in [0, 0.05) is 11.6 Å². The molecule has 5 nitrogen and oxygen atoms in total. The minimum Gasteiger partial charge on any atom is -0.316 e. The van der Waals surface area contributed by atoms with Crippen LogP contribution in [0.5, 0.6) is 0 Å². The molecule has 138 valence electrons. The Bertz CT molecular complexity index is 726. The van der Waals surface area contributed by atoms with Crippen LogP contribution in [0.2, 0.25) is 0 Å². The molecule has 0 bridgehead atoms. The van der Waals surface area contributed by atoms with Gasteiger partial charge in [0.05, 0.1) is 4.92 Å². The number of nitro benzene ring substituents is 1. The molecule has 26 heavy (non-hydrogen) atoms. The maximum Gasteiger partial charge on any atom is 0.292 e. The van der Waals surface area contributed by atoms with Crippen LogP contribution >= 0.6 is 0 Å². The minimum atomic E-state index is -0.501. The molecule has 2 aromatic rings. The van der Waals surface area contributed by atoms with Crippen molar-refractivity contribution in [3.63, 3.8) is 0 Å². The molecule has 0 radical (unpaired) electrons. The second-order valence-electron chi connectivity index (χ2n) is 6.44. The normalized spacial score (nSPS) is 10.5. The molecule has 0 saturated carbocycles. The summed E-state index contributed by atoms with van der Waals surface area (Å²) in [6.07, 6.45) is 8.56. The molecule has 0 fully saturated rings. The fraction of sp³-hybridized carbons (Fsp3) is 0.381. The van der Waals surface area contributed by atoms with Crippen LogP contribution in [-0.2, 0) is 6.42 Å². The van der Waals surface area contributed by atoms with Gasteiger partial charge in [0.1, 0.15) is 5.69 Å². The molecule has 0 spiro atoms. The Labute approximate surface area is 154 Å². The van der Waals surface area contributed by atoms with Crippen molar-refractivity contribution in [2.45, 2.75) is 51.9 Å². The van der Waals surface area contributed by atoms with Crippen LogP contribution in [0.3, 0.4) is 0 Å². The number of carbonyl (C=O) groups excluding carboxylic acids is 1. The molecule has 0 aliphatic carbocycles. The standard InChI is InChI=1S/C21H26N2O3/c1-2-3-4-5-6-7-10-17-13-15-18(16-14-17)21(24)22-19-11-8-9-12-20(19)23(25)26/h8-9,11-16H,2-7,10H2,1H3,(H,22,24). The molecular formula is C21H26N2O3. The zero-order valence-corrected chi connectivity index (χ0v) is 15.2. The molecule has 0 heterocycles. The summed E-state index contributed by atoms with van der Waals surface area (Å²) in [7, 11) is 0. The first-order chi connectivity index (χ1) is 12.6. The van der Waals surface area contributed by atoms with Gasteiger partial charge in [-0.3, -0.25) is 14.9 Å². The minimum absolute atomic E-state index is 0.111. The number of nitrogens with one attached hydrogen (secondary N) is 1. The van der Waals surface area contributed by atoms with Crippen molar-refractivity contribution in [2.24, 2.45) is 0 Å². The van der Waals surface area contributed by atoms with Crippen molar-refractivity contribution in [3.8, 4) is 0 Å². The number of rotatable bonds is 10. The summed E-state index contributed by atoms with van der Waals surface area (Å²) in [5.41, 5.74) is 1.80. The average Bonchev–Trinajstić information content (AvgIpc) is 2.65. The second-order valence-corrected chi connectivity index (χ2v) is 6.44. The summed E-state index contributed by atoms with van der Waals surface area (Å²) in [6.45, 7) is 2.22. The van der Waals surface area contributed by atoms with Gasteiger partial charge >= 0.3 is 0 Å². The molecular weight excluding hydrogens is 328 g/mol. The fourth-order valence-corrected chi connectivity index (χ4v) is 2.87. The number of nitro groups is 1. The van der Waals surface area contributed by atoms with Crippen LogP contribution in [0.25, 0.3) is 0 Å². The summed E-state index contributed by atoms with van der Waals surface area (Å²) in [5.74, 6) is -0.342. The molecule has 2 aromatic carbocycles. The summed E-state index contributed by atoms with van der Waals surface area (Å²) < 4.78 is 0. The Kier molecular flexibility index (Phi) is 7.80. The molecule has 0 saturated heterocycles. The number of amides is 1. The van der Waals surface area contributed by atoms with Crippen molar-refractivity contribution in [1.29, 1.82) is 0 Å². The Morgan fingerprint density at radius 2 is 1.62 bits per heavy atom. The molecule has 5 heteroatoms. The predicted molar refractivity (Wildman–Crippen MR) is 105 cm³/mol. The first-order valence-electron chi connectivity index (χ1n) is 9.25. The third-order valence-electron chi connectivity index (χ3n) is 4.38. The first-order valence-corrected chi connectivity index (χ1v) is 9.25. The number of nitrogens with zero attached hydrogens (tertiary/aromatic N) is 1. The van der Waals surface area contributed by atoms with E-state index in [2.05, 4.69) is 12.2 Å². The molecule has 0 aliphatic heterocycles. The zero-order valence-electron chi connectivity index (χ0n) is 15.2. The van der Waals surface area contributed by atoms with Crippen LogP contribution in [0.15, 0.2) is 48.5 Å². The number of anilines is 1. The quantitative estimate of drug-likeness (QED) is 0.335. The van der Waals surface area contributed by atoms with Crippen LogP contribution < -0.4 is 5.32 Å². The lowest BCUT2D eigenvalue weighted by Crippen LogP contribution is -2.13. The highest BCUT2D eigenvalue weighted by atomic mass is 16.6. The van der Waals surface area contributed by atoms with Gasteiger partial charge in [0.2, 0.25) is 0 Å². The van der Waals surface area contributed by atoms with E-state index in [0.717, 1.165) is 12.8 Å². The number of benzene rings is 2. The molecule has 1 N–H and O–H groups in total. The summed E-state index contributed by atoms with van der Waals surface area (Å²) in [6, 6.07) is 13.6. The highest BCUT2D eigenvalue weighted by Crippen LogP contribution is 2.23. The van der Waals surface area contributed by atoms with Crippen LogP contribution in [0.1, 0.15) is 61.4 Å². The monoisotopic (exact) mass is 354 g/mol. The SMILES string of the molecule is CCCCCCCCc1ccc(C(=O)Nc2ccccc2[N+](=O)[O-])cc1. The van der Waals surface area contributed by atoms with E-state index in [9.17, 15) is 14.9 Å². The van der Waals surface area contributed by atoms with E-state index in [0.29, 0.717) is 5.56 Å². The van der Waals surface area contributed by atoms with Crippen LogP contribution in [0.4, 0.5) is 11.4 Å². The number of hydrogen-bond donors (Lipinski definition) is 1. The molecule has 0 aliphatic rings. The molecule has 0 aromatic heterocycles. The van der Waals surface area contributed by atoms with Crippen molar-refractivity contribution < 1.29 is 9.72 Å². The average molecular weight is 354 g/mol. The van der Waals surface area contributed by atoms with E-state index < -0.39 is 4.92 Å². The number of unbranched alkanes of at least 4 members (excludes halogenated alkanes) is 5. The van der Waals surface area contributed by atoms with E-state index in [4.69, 9.17) is 0 Å². The predicted octanol–water partition coefficient (Wildman–Crippen LogP) is 5.75.